The van der Waals surface area contributed by atoms with Crippen molar-refractivity contribution < 1.29 is 19.4 Å². The Bertz CT molecular complexity index is 1420. The predicted molar refractivity (Wildman–Crippen MR) is 124 cm³/mol. The van der Waals surface area contributed by atoms with Gasteiger partial charge in [-0.25, -0.2) is 4.98 Å². The molecule has 2 N–H and O–H groups in total. The number of nitrogens with zero attached hydrogens (tertiary/aromatic N) is 1. The molecule has 5 rings (SSSR count). The molecule has 3 aromatic carbocycles. The van der Waals surface area contributed by atoms with E-state index in [-0.39, 0.29) is 0 Å². The molecule has 2 heterocycles. The Morgan fingerprint density at radius 3 is 2.38 bits per heavy atom. The summed E-state index contributed by atoms with van der Waals surface area (Å²) in [7, 11) is 0. The van der Waals surface area contributed by atoms with E-state index in [0.717, 1.165) is 27.7 Å². The fourth-order valence-corrected chi connectivity index (χ4v) is 4.08. The van der Waals surface area contributed by atoms with Crippen LogP contribution in [0.2, 0.25) is 0 Å². The molecular formula is C27H23NO4. The molecule has 2 aromatic heterocycles. The Morgan fingerprint density at radius 2 is 1.62 bits per heavy atom. The van der Waals surface area contributed by atoms with Crippen molar-refractivity contribution in [2.75, 3.05) is 0 Å². The van der Waals surface area contributed by atoms with Gasteiger partial charge in [0.15, 0.2) is 12.1 Å². The number of aliphatic hydroxyl groups is 2. The zero-order chi connectivity index (χ0) is 22.2. The Morgan fingerprint density at radius 1 is 0.875 bits per heavy atom. The smallest absolute Gasteiger partial charge is 0.179 e. The Kier molecular flexibility index (Phi) is 5.13. The van der Waals surface area contributed by atoms with Gasteiger partial charge in [-0.3, -0.25) is 0 Å². The normalized spacial score (nSPS) is 11.5. The second-order valence-corrected chi connectivity index (χ2v) is 7.88. The number of aryl methyl sites for hydroxylation is 2. The summed E-state index contributed by atoms with van der Waals surface area (Å²) in [6.07, 6.45) is -1.64. The van der Waals surface area contributed by atoms with Gasteiger partial charge in [0.25, 0.3) is 0 Å². The van der Waals surface area contributed by atoms with Gasteiger partial charge in [0.2, 0.25) is 0 Å². The first-order chi connectivity index (χ1) is 15.5. The molecule has 0 radical (unpaired) electrons. The quantitative estimate of drug-likeness (QED) is 0.347. The van der Waals surface area contributed by atoms with Crippen molar-refractivity contribution in [3.05, 3.63) is 95.1 Å². The fraction of sp³-hybridized carbons (Fsp3) is 0.148. The summed E-state index contributed by atoms with van der Waals surface area (Å²) in [5, 5.41) is 21.8. The molecule has 0 aliphatic heterocycles. The summed E-state index contributed by atoms with van der Waals surface area (Å²) >= 11 is 0. The number of hydrogen-bond donors (Lipinski definition) is 2. The molecule has 5 aromatic rings. The maximum atomic E-state index is 10.1. The lowest BCUT2D eigenvalue weighted by molar-refractivity contribution is -0.0413. The van der Waals surface area contributed by atoms with Gasteiger partial charge in [-0.2, -0.15) is 0 Å². The molecule has 0 atom stereocenters. The Labute approximate surface area is 185 Å². The SMILES string of the molecule is Cc1c(-c2cc(C(O)O)c3ccc(OCc4ccccc4)c(C)c3n2)oc2ccccc12. The first-order valence-electron chi connectivity index (χ1n) is 10.5. The minimum Gasteiger partial charge on any atom is -0.489 e. The van der Waals surface area contributed by atoms with Gasteiger partial charge in [0.1, 0.15) is 23.6 Å². The van der Waals surface area contributed by atoms with Crippen LogP contribution in [0.3, 0.4) is 0 Å². The van der Waals surface area contributed by atoms with Gasteiger partial charge in [0.05, 0.1) is 5.52 Å². The van der Waals surface area contributed by atoms with Crippen molar-refractivity contribution in [2.24, 2.45) is 0 Å². The van der Waals surface area contributed by atoms with Crippen molar-refractivity contribution in [3.63, 3.8) is 0 Å². The third kappa shape index (κ3) is 3.51. The molecular weight excluding hydrogens is 402 g/mol. The highest BCUT2D eigenvalue weighted by Crippen LogP contribution is 2.37. The number of fused-ring (bicyclic) bond motifs is 2. The Hall–Kier alpha value is -3.67. The largest absolute Gasteiger partial charge is 0.489 e. The highest BCUT2D eigenvalue weighted by atomic mass is 16.5. The van der Waals surface area contributed by atoms with E-state index in [1.165, 1.54) is 0 Å². The van der Waals surface area contributed by atoms with Crippen LogP contribution in [0.1, 0.15) is 28.5 Å². The summed E-state index contributed by atoms with van der Waals surface area (Å²) in [5.41, 5.74) is 5.20. The summed E-state index contributed by atoms with van der Waals surface area (Å²) in [4.78, 5) is 4.86. The summed E-state index contributed by atoms with van der Waals surface area (Å²) in [6, 6.07) is 23.1. The van der Waals surface area contributed by atoms with Crippen LogP contribution in [0, 0.1) is 13.8 Å². The monoisotopic (exact) mass is 425 g/mol. The van der Waals surface area contributed by atoms with Crippen molar-refractivity contribution in [1.29, 1.82) is 0 Å². The maximum absolute atomic E-state index is 10.1. The van der Waals surface area contributed by atoms with Gasteiger partial charge in [-0.05, 0) is 43.7 Å². The first kappa shape index (κ1) is 20.2. The van der Waals surface area contributed by atoms with E-state index < -0.39 is 6.29 Å². The van der Waals surface area contributed by atoms with Crippen LogP contribution in [0.15, 0.2) is 77.2 Å². The Balaban J connectivity index is 1.64. The predicted octanol–water partition coefficient (Wildman–Crippen LogP) is 5.83. The average molecular weight is 425 g/mol. The van der Waals surface area contributed by atoms with E-state index in [0.29, 0.717) is 40.3 Å². The molecule has 0 fully saturated rings. The topological polar surface area (TPSA) is 75.7 Å². The molecule has 0 saturated carbocycles. The van der Waals surface area contributed by atoms with Crippen molar-refractivity contribution in [2.45, 2.75) is 26.7 Å². The minimum atomic E-state index is -1.64. The molecule has 0 unspecified atom stereocenters. The lowest BCUT2D eigenvalue weighted by Gasteiger charge is -2.15. The molecule has 0 aliphatic rings. The minimum absolute atomic E-state index is 0.377. The van der Waals surface area contributed by atoms with Crippen LogP contribution in [-0.2, 0) is 6.61 Å². The summed E-state index contributed by atoms with van der Waals surface area (Å²) in [6.45, 7) is 4.35. The van der Waals surface area contributed by atoms with Crippen molar-refractivity contribution in [1.82, 2.24) is 4.98 Å². The third-order valence-corrected chi connectivity index (χ3v) is 5.81. The molecule has 0 bridgehead atoms. The van der Waals surface area contributed by atoms with Crippen molar-refractivity contribution in [3.8, 4) is 17.2 Å². The average Bonchev–Trinajstić information content (AvgIpc) is 3.15. The lowest BCUT2D eigenvalue weighted by atomic mass is 10.0. The van der Waals surface area contributed by atoms with Crippen LogP contribution >= 0.6 is 0 Å². The molecule has 0 saturated heterocycles. The van der Waals surface area contributed by atoms with Gasteiger partial charge >= 0.3 is 0 Å². The molecule has 0 aliphatic carbocycles. The zero-order valence-electron chi connectivity index (χ0n) is 17.9. The number of benzene rings is 3. The lowest BCUT2D eigenvalue weighted by Crippen LogP contribution is -2.02. The van der Waals surface area contributed by atoms with Crippen LogP contribution in [-0.4, -0.2) is 15.2 Å². The number of aromatic nitrogens is 1. The fourth-order valence-electron chi connectivity index (χ4n) is 4.08. The number of aliphatic hydroxyl groups excluding tert-OH is 1. The molecule has 32 heavy (non-hydrogen) atoms. The van der Waals surface area contributed by atoms with E-state index in [4.69, 9.17) is 14.1 Å². The number of hydrogen-bond acceptors (Lipinski definition) is 5. The van der Waals surface area contributed by atoms with Crippen LogP contribution in [0.25, 0.3) is 33.3 Å². The number of rotatable bonds is 5. The zero-order valence-corrected chi connectivity index (χ0v) is 17.9. The highest BCUT2D eigenvalue weighted by Gasteiger charge is 2.20. The van der Waals surface area contributed by atoms with Gasteiger partial charge in [0, 0.05) is 27.5 Å². The van der Waals surface area contributed by atoms with E-state index in [2.05, 4.69) is 0 Å². The van der Waals surface area contributed by atoms with Crippen molar-refractivity contribution >= 4 is 21.9 Å². The standard InChI is InChI=1S/C27H23NO4/c1-16-19-10-6-7-11-24(19)32-26(16)22-14-21(27(29)30)20-12-13-23(17(2)25(20)28-22)31-15-18-8-4-3-5-9-18/h3-14,27,29-30H,15H2,1-2H3. The summed E-state index contributed by atoms with van der Waals surface area (Å²) < 4.78 is 12.1. The number of furan rings is 1. The van der Waals surface area contributed by atoms with E-state index >= 15 is 0 Å². The highest BCUT2D eigenvalue weighted by molar-refractivity contribution is 5.91. The van der Waals surface area contributed by atoms with E-state index in [9.17, 15) is 10.2 Å². The first-order valence-corrected chi connectivity index (χ1v) is 10.5. The maximum Gasteiger partial charge on any atom is 0.179 e. The third-order valence-electron chi connectivity index (χ3n) is 5.81. The van der Waals surface area contributed by atoms with Crippen LogP contribution in [0.5, 0.6) is 5.75 Å². The number of pyridine rings is 1. The second kappa shape index (κ2) is 8.11. The second-order valence-electron chi connectivity index (χ2n) is 7.88. The van der Waals surface area contributed by atoms with E-state index in [1.54, 1.807) is 6.07 Å². The van der Waals surface area contributed by atoms with Gasteiger partial charge in [-0.1, -0.05) is 48.5 Å². The van der Waals surface area contributed by atoms with Crippen LogP contribution in [0.4, 0.5) is 0 Å². The molecule has 0 amide bonds. The van der Waals surface area contributed by atoms with Gasteiger partial charge in [-0.15, -0.1) is 0 Å². The summed E-state index contributed by atoms with van der Waals surface area (Å²) in [5.74, 6) is 1.32. The number of para-hydroxylation sites is 1. The van der Waals surface area contributed by atoms with E-state index in [1.807, 2.05) is 80.6 Å². The molecule has 0 spiro atoms. The molecule has 5 nitrogen and oxygen atoms in total. The van der Waals surface area contributed by atoms with Crippen LogP contribution < -0.4 is 4.74 Å². The molecule has 5 heteroatoms. The molecule has 160 valence electrons. The van der Waals surface area contributed by atoms with Gasteiger partial charge < -0.3 is 19.4 Å². The number of ether oxygens (including phenoxy) is 1.